The van der Waals surface area contributed by atoms with Gasteiger partial charge < -0.3 is 10.5 Å². The maximum Gasteiger partial charge on any atom is 0.573 e. The second kappa shape index (κ2) is 8.10. The molecule has 20 heavy (non-hydrogen) atoms. The van der Waals surface area contributed by atoms with Crippen molar-refractivity contribution in [2.24, 2.45) is 11.7 Å². The minimum absolute atomic E-state index is 0. The Balaban J connectivity index is 0.00000361. The summed E-state index contributed by atoms with van der Waals surface area (Å²) in [5.74, 6) is 0.220. The van der Waals surface area contributed by atoms with E-state index in [1.165, 1.54) is 12.1 Å². The molecule has 7 heteroatoms. The zero-order chi connectivity index (χ0) is 14.6. The predicted octanol–water partition coefficient (Wildman–Crippen LogP) is 5.21. The van der Waals surface area contributed by atoms with Crippen molar-refractivity contribution in [1.29, 1.82) is 0 Å². The third kappa shape index (κ3) is 6.81. The van der Waals surface area contributed by atoms with Gasteiger partial charge in [0.1, 0.15) is 5.75 Å². The van der Waals surface area contributed by atoms with Gasteiger partial charge in [-0.3, -0.25) is 0 Å². The van der Waals surface area contributed by atoms with Gasteiger partial charge in [0.2, 0.25) is 0 Å². The Kier molecular flexibility index (Phi) is 7.91. The lowest BCUT2D eigenvalue weighted by atomic mass is 9.98. The Hall–Kier alpha value is -0.460. The predicted molar refractivity (Wildman–Crippen MR) is 79.1 cm³/mol. The van der Waals surface area contributed by atoms with E-state index in [0.717, 1.165) is 6.42 Å². The molecule has 116 valence electrons. The van der Waals surface area contributed by atoms with Gasteiger partial charge >= 0.3 is 6.36 Å². The molecule has 0 saturated heterocycles. The highest BCUT2D eigenvalue weighted by Crippen LogP contribution is 2.33. The lowest BCUT2D eigenvalue weighted by Gasteiger charge is -2.19. The molecular weight excluding hydrogens is 358 g/mol. The van der Waals surface area contributed by atoms with Crippen molar-refractivity contribution in [3.63, 3.8) is 0 Å². The second-order valence-electron chi connectivity index (χ2n) is 4.81. The molecule has 0 amide bonds. The molecule has 0 saturated carbocycles. The van der Waals surface area contributed by atoms with Gasteiger partial charge in [-0.25, -0.2) is 0 Å². The molecule has 2 N–H and O–H groups in total. The third-order valence-electron chi connectivity index (χ3n) is 2.65. The highest BCUT2D eigenvalue weighted by Gasteiger charge is 2.32. The van der Waals surface area contributed by atoms with Crippen molar-refractivity contribution in [3.8, 4) is 5.75 Å². The van der Waals surface area contributed by atoms with E-state index in [2.05, 4.69) is 20.7 Å². The molecule has 1 rings (SSSR count). The van der Waals surface area contributed by atoms with Crippen molar-refractivity contribution in [2.45, 2.75) is 39.1 Å². The van der Waals surface area contributed by atoms with E-state index in [4.69, 9.17) is 5.73 Å². The van der Waals surface area contributed by atoms with Gasteiger partial charge in [0.25, 0.3) is 0 Å². The van der Waals surface area contributed by atoms with E-state index in [9.17, 15) is 13.2 Å². The number of benzene rings is 1. The summed E-state index contributed by atoms with van der Waals surface area (Å²) in [6, 6.07) is 3.88. The molecule has 0 aromatic heterocycles. The maximum absolute atomic E-state index is 12.3. The molecule has 0 unspecified atom stereocenters. The van der Waals surface area contributed by atoms with Crippen molar-refractivity contribution in [2.75, 3.05) is 0 Å². The molecule has 1 aromatic rings. The first kappa shape index (κ1) is 19.5. The molecule has 0 radical (unpaired) electrons. The van der Waals surface area contributed by atoms with Crippen molar-refractivity contribution in [3.05, 3.63) is 28.2 Å². The van der Waals surface area contributed by atoms with Crippen LogP contribution in [0.1, 0.15) is 38.3 Å². The molecule has 0 spiro atoms. The lowest BCUT2D eigenvalue weighted by Crippen LogP contribution is -2.20. The van der Waals surface area contributed by atoms with E-state index in [-0.39, 0.29) is 18.2 Å². The summed E-state index contributed by atoms with van der Waals surface area (Å²) in [6.07, 6.45) is -3.25. The molecule has 0 bridgehead atoms. The zero-order valence-corrected chi connectivity index (χ0v) is 13.6. The van der Waals surface area contributed by atoms with Crippen LogP contribution in [-0.2, 0) is 0 Å². The highest BCUT2D eigenvalue weighted by molar-refractivity contribution is 9.10. The highest BCUT2D eigenvalue weighted by atomic mass is 79.9. The molecule has 0 heterocycles. The van der Waals surface area contributed by atoms with Crippen LogP contribution >= 0.6 is 28.3 Å². The normalized spacial score (nSPS) is 13.0. The second-order valence-corrected chi connectivity index (χ2v) is 5.72. The minimum atomic E-state index is -4.71. The van der Waals surface area contributed by atoms with Crippen molar-refractivity contribution in [1.82, 2.24) is 0 Å². The van der Waals surface area contributed by atoms with Crippen LogP contribution in [-0.4, -0.2) is 6.36 Å². The Labute approximate surface area is 131 Å². The standard InChI is InChI=1S/C13H17BrF3NO.ClH/c1-8(2)3-5-11(18)10-7-9(14)4-6-12(10)19-13(15,16)17;/h4,6-8,11H,3,5,18H2,1-2H3;1H/t11-;/m1./s1. The topological polar surface area (TPSA) is 35.2 Å². The van der Waals surface area contributed by atoms with E-state index in [1.54, 1.807) is 6.07 Å². The SMILES string of the molecule is CC(C)CC[C@@H](N)c1cc(Br)ccc1OC(F)(F)F.Cl. The summed E-state index contributed by atoms with van der Waals surface area (Å²) in [6.45, 7) is 4.08. The number of nitrogens with two attached hydrogens (primary N) is 1. The van der Waals surface area contributed by atoms with E-state index in [0.29, 0.717) is 22.4 Å². The van der Waals surface area contributed by atoms with Crippen LogP contribution in [0.5, 0.6) is 5.75 Å². The van der Waals surface area contributed by atoms with E-state index >= 15 is 0 Å². The average Bonchev–Trinajstić information content (AvgIpc) is 2.26. The zero-order valence-electron chi connectivity index (χ0n) is 11.2. The largest absolute Gasteiger partial charge is 0.573 e. The van der Waals surface area contributed by atoms with Gasteiger partial charge in [0.05, 0.1) is 0 Å². The van der Waals surface area contributed by atoms with Crippen molar-refractivity contribution < 1.29 is 17.9 Å². The van der Waals surface area contributed by atoms with Crippen LogP contribution in [0.3, 0.4) is 0 Å². The number of alkyl halides is 3. The van der Waals surface area contributed by atoms with Gasteiger partial charge in [-0.15, -0.1) is 25.6 Å². The Morgan fingerprint density at radius 2 is 1.85 bits per heavy atom. The van der Waals surface area contributed by atoms with Gasteiger partial charge in [0.15, 0.2) is 0 Å². The van der Waals surface area contributed by atoms with Gasteiger partial charge in [0, 0.05) is 16.1 Å². The number of hydrogen-bond donors (Lipinski definition) is 1. The Morgan fingerprint density at radius 1 is 1.25 bits per heavy atom. The van der Waals surface area contributed by atoms with Gasteiger partial charge in [-0.05, 0) is 37.0 Å². The Morgan fingerprint density at radius 3 is 2.35 bits per heavy atom. The summed E-state index contributed by atoms with van der Waals surface area (Å²) >= 11 is 3.23. The molecule has 0 aliphatic rings. The van der Waals surface area contributed by atoms with E-state index in [1.807, 2.05) is 13.8 Å². The van der Waals surface area contributed by atoms with Crippen LogP contribution in [0.15, 0.2) is 22.7 Å². The number of rotatable bonds is 5. The van der Waals surface area contributed by atoms with Crippen LogP contribution in [0.2, 0.25) is 0 Å². The Bertz CT molecular complexity index is 427. The summed E-state index contributed by atoms with van der Waals surface area (Å²) in [4.78, 5) is 0. The molecule has 0 aliphatic carbocycles. The smallest absolute Gasteiger partial charge is 0.405 e. The lowest BCUT2D eigenvalue weighted by molar-refractivity contribution is -0.275. The van der Waals surface area contributed by atoms with Crippen LogP contribution in [0.25, 0.3) is 0 Å². The van der Waals surface area contributed by atoms with E-state index < -0.39 is 12.4 Å². The molecule has 0 aliphatic heterocycles. The molecule has 2 nitrogen and oxygen atoms in total. The molecular formula is C13H18BrClF3NO. The summed E-state index contributed by atoms with van der Waals surface area (Å²) < 4.78 is 41.7. The number of halogens is 5. The first-order valence-corrected chi connectivity index (χ1v) is 6.79. The number of hydrogen-bond acceptors (Lipinski definition) is 2. The summed E-state index contributed by atoms with van der Waals surface area (Å²) in [5, 5.41) is 0. The summed E-state index contributed by atoms with van der Waals surface area (Å²) in [5.41, 5.74) is 6.33. The minimum Gasteiger partial charge on any atom is -0.405 e. The van der Waals surface area contributed by atoms with Crippen LogP contribution in [0.4, 0.5) is 13.2 Å². The number of ether oxygens (including phenoxy) is 1. The molecule has 1 aromatic carbocycles. The fourth-order valence-electron chi connectivity index (χ4n) is 1.70. The van der Waals surface area contributed by atoms with Gasteiger partial charge in [-0.2, -0.15) is 0 Å². The first-order valence-electron chi connectivity index (χ1n) is 6.00. The molecule has 1 atom stereocenters. The fraction of sp³-hybridized carbons (Fsp3) is 0.538. The van der Waals surface area contributed by atoms with Crippen molar-refractivity contribution >= 4 is 28.3 Å². The van der Waals surface area contributed by atoms with Crippen LogP contribution in [0, 0.1) is 5.92 Å². The van der Waals surface area contributed by atoms with Crippen LogP contribution < -0.4 is 10.5 Å². The fourth-order valence-corrected chi connectivity index (χ4v) is 2.07. The third-order valence-corrected chi connectivity index (χ3v) is 3.15. The average molecular weight is 377 g/mol. The first-order chi connectivity index (χ1) is 8.69. The van der Waals surface area contributed by atoms with Gasteiger partial charge in [-0.1, -0.05) is 29.8 Å². The summed E-state index contributed by atoms with van der Waals surface area (Å²) in [7, 11) is 0. The molecule has 0 fully saturated rings. The maximum atomic E-state index is 12.3. The monoisotopic (exact) mass is 375 g/mol. The quantitative estimate of drug-likeness (QED) is 0.766.